The van der Waals surface area contributed by atoms with E-state index in [-0.39, 0.29) is 34.1 Å². The molecule has 0 radical (unpaired) electrons. The molecular weight excluding hydrogens is 719 g/mol. The number of carboxylic acids is 1. The summed E-state index contributed by atoms with van der Waals surface area (Å²) < 4.78 is 7.47. The van der Waals surface area contributed by atoms with E-state index in [0.29, 0.717) is 65.2 Å². The molecule has 2 aliphatic heterocycles. The summed E-state index contributed by atoms with van der Waals surface area (Å²) in [4.78, 5) is 53.1. The lowest BCUT2D eigenvalue weighted by Gasteiger charge is -2.69. The lowest BCUT2D eigenvalue weighted by molar-refractivity contribution is -0.228. The fourth-order valence-electron chi connectivity index (χ4n) is 8.75. The van der Waals surface area contributed by atoms with Crippen molar-refractivity contribution in [1.82, 2.24) is 35.1 Å². The van der Waals surface area contributed by atoms with Gasteiger partial charge in [-0.05, 0) is 49.3 Å². The first kappa shape index (κ1) is 35.5. The molecule has 4 aromatic rings. The SMILES string of the molecule is COc1nc(-c2ccnc(-c3cccc(NC(=O)c4nc5c(n4C)CCN(CC46CC(C(=O)O)(C4)C6)C5)c3Cl)c2Cl)ccc1CNC[C@H]1CCC(=O)N1. The molecule has 13 nitrogen and oxygen atoms in total. The predicted molar refractivity (Wildman–Crippen MR) is 199 cm³/mol. The van der Waals surface area contributed by atoms with E-state index in [1.54, 1.807) is 37.6 Å². The third kappa shape index (κ3) is 6.43. The summed E-state index contributed by atoms with van der Waals surface area (Å²) in [5.41, 5.74) is 4.95. The summed E-state index contributed by atoms with van der Waals surface area (Å²) in [6.07, 6.45) is 6.01. The van der Waals surface area contributed by atoms with Gasteiger partial charge in [-0.15, -0.1) is 0 Å². The number of anilines is 1. The van der Waals surface area contributed by atoms with Crippen molar-refractivity contribution in [2.24, 2.45) is 17.9 Å². The molecule has 4 N–H and O–H groups in total. The minimum Gasteiger partial charge on any atom is -0.481 e. The zero-order valence-corrected chi connectivity index (χ0v) is 31.0. The Morgan fingerprint density at radius 3 is 2.62 bits per heavy atom. The number of ether oxygens (including phenoxy) is 1. The molecule has 1 aromatic carbocycles. The average Bonchev–Trinajstić information content (AvgIpc) is 3.68. The summed E-state index contributed by atoms with van der Waals surface area (Å²) in [5.74, 6) is -0.233. The molecule has 5 heterocycles. The first-order chi connectivity index (χ1) is 25.5. The molecule has 1 saturated heterocycles. The lowest BCUT2D eigenvalue weighted by atomic mass is 9.35. The van der Waals surface area contributed by atoms with Crippen LogP contribution in [0.1, 0.15) is 59.7 Å². The summed E-state index contributed by atoms with van der Waals surface area (Å²) in [6.45, 7) is 3.48. The average molecular weight is 760 g/mol. The highest BCUT2D eigenvalue weighted by Crippen LogP contribution is 2.73. The van der Waals surface area contributed by atoms with Crippen LogP contribution < -0.4 is 20.7 Å². The van der Waals surface area contributed by atoms with Gasteiger partial charge in [0.25, 0.3) is 5.91 Å². The Labute approximate surface area is 316 Å². The van der Waals surface area contributed by atoms with Crippen LogP contribution in [0.3, 0.4) is 0 Å². The Morgan fingerprint density at radius 1 is 1.08 bits per heavy atom. The van der Waals surface area contributed by atoms with Crippen LogP contribution in [0.2, 0.25) is 10.0 Å². The van der Waals surface area contributed by atoms with Crippen molar-refractivity contribution in [2.45, 2.75) is 57.7 Å². The number of amides is 2. The van der Waals surface area contributed by atoms with E-state index in [1.165, 1.54) is 0 Å². The van der Waals surface area contributed by atoms with Crippen LogP contribution in [0.5, 0.6) is 5.88 Å². The van der Waals surface area contributed by atoms with Crippen molar-refractivity contribution in [3.63, 3.8) is 0 Å². The summed E-state index contributed by atoms with van der Waals surface area (Å²) in [6, 6.07) is 11.0. The maximum Gasteiger partial charge on any atom is 0.309 e. The number of carbonyl (C=O) groups excluding carboxylic acids is 2. The van der Waals surface area contributed by atoms with E-state index in [1.807, 2.05) is 23.7 Å². The van der Waals surface area contributed by atoms with Gasteiger partial charge < -0.3 is 30.4 Å². The Hall–Kier alpha value is -4.56. The van der Waals surface area contributed by atoms with Gasteiger partial charge in [0.2, 0.25) is 11.8 Å². The number of aliphatic carboxylic acids is 1. The largest absolute Gasteiger partial charge is 0.481 e. The normalized spacial score (nSPS) is 23.1. The van der Waals surface area contributed by atoms with Crippen LogP contribution in [0.4, 0.5) is 5.69 Å². The van der Waals surface area contributed by atoms with E-state index >= 15 is 0 Å². The monoisotopic (exact) mass is 758 g/mol. The Balaban J connectivity index is 0.959. The predicted octanol–water partition coefficient (Wildman–Crippen LogP) is 5.09. The molecule has 53 heavy (non-hydrogen) atoms. The summed E-state index contributed by atoms with van der Waals surface area (Å²) in [5, 5.41) is 19.4. The Morgan fingerprint density at radius 2 is 1.89 bits per heavy atom. The van der Waals surface area contributed by atoms with Gasteiger partial charge >= 0.3 is 5.97 Å². The number of carbonyl (C=O) groups is 3. The standard InChI is InChI=1S/C38H40Cl2N8O5/c1-47-28-11-13-48(20-37-17-38(18-37,19-37)36(51)52)16-27(28)44-33(47)34(50)45-26-5-3-4-24(30(26)39)32-31(40)23(10-12-42-32)25-8-6-21(35(46-25)53-2)14-41-15-22-7-9-29(49)43-22/h3-6,8,10,12,22,41H,7,9,11,13-20H2,1-2H3,(H,43,49)(H,45,50)(H,51,52)/t22-,37?,38?/m1/s1. The molecule has 4 fully saturated rings. The van der Waals surface area contributed by atoms with Gasteiger partial charge in [-0.3, -0.25) is 24.3 Å². The Kier molecular flexibility index (Phi) is 9.16. The number of halogens is 2. The van der Waals surface area contributed by atoms with Crippen molar-refractivity contribution in [2.75, 3.05) is 32.1 Å². The van der Waals surface area contributed by atoms with Gasteiger partial charge in [-0.1, -0.05) is 41.4 Å². The van der Waals surface area contributed by atoms with Crippen molar-refractivity contribution in [3.8, 4) is 28.4 Å². The molecule has 2 bridgehead atoms. The van der Waals surface area contributed by atoms with E-state index in [0.717, 1.165) is 62.1 Å². The molecule has 0 unspecified atom stereocenters. The first-order valence-corrected chi connectivity index (χ1v) is 18.5. The van der Waals surface area contributed by atoms with Crippen molar-refractivity contribution in [1.29, 1.82) is 0 Å². The van der Waals surface area contributed by atoms with Crippen LogP contribution in [-0.2, 0) is 36.1 Å². The molecule has 5 aliphatic rings. The number of hydrogen-bond donors (Lipinski definition) is 4. The van der Waals surface area contributed by atoms with Crippen molar-refractivity contribution >= 4 is 46.7 Å². The minimum absolute atomic E-state index is 0.0817. The van der Waals surface area contributed by atoms with Crippen molar-refractivity contribution in [3.05, 3.63) is 75.4 Å². The summed E-state index contributed by atoms with van der Waals surface area (Å²) >= 11 is 13.9. The number of aromatic nitrogens is 4. The fraction of sp³-hybridized carbons (Fsp3) is 0.421. The third-order valence-electron chi connectivity index (χ3n) is 11.3. The number of fused-ring (bicyclic) bond motifs is 1. The van der Waals surface area contributed by atoms with Gasteiger partial charge in [0.05, 0.1) is 45.3 Å². The lowest BCUT2D eigenvalue weighted by Crippen LogP contribution is -2.68. The van der Waals surface area contributed by atoms with Gasteiger partial charge in [-0.2, -0.15) is 0 Å². The van der Waals surface area contributed by atoms with Gasteiger partial charge in [0, 0.05) is 87.2 Å². The zero-order valence-electron chi connectivity index (χ0n) is 29.5. The van der Waals surface area contributed by atoms with E-state index in [2.05, 4.69) is 25.8 Å². The van der Waals surface area contributed by atoms with Crippen LogP contribution in [0.25, 0.3) is 22.5 Å². The highest BCUT2D eigenvalue weighted by atomic mass is 35.5. The number of methoxy groups -OCH3 is 1. The number of carboxylic acid groups (broad SMARTS) is 1. The van der Waals surface area contributed by atoms with Crippen LogP contribution in [0, 0.1) is 10.8 Å². The Bertz CT molecular complexity index is 2130. The maximum atomic E-state index is 13.7. The fourth-order valence-corrected chi connectivity index (χ4v) is 9.32. The first-order valence-electron chi connectivity index (χ1n) is 17.8. The van der Waals surface area contributed by atoms with Gasteiger partial charge in [-0.25, -0.2) is 9.97 Å². The number of nitrogens with one attached hydrogen (secondary N) is 3. The van der Waals surface area contributed by atoms with E-state index < -0.39 is 11.4 Å². The second-order valence-electron chi connectivity index (χ2n) is 14.9. The zero-order chi connectivity index (χ0) is 37.1. The number of pyridine rings is 2. The third-order valence-corrected chi connectivity index (χ3v) is 12.1. The molecule has 2 amide bonds. The molecule has 9 rings (SSSR count). The number of benzene rings is 1. The second-order valence-corrected chi connectivity index (χ2v) is 15.7. The topological polar surface area (TPSA) is 164 Å². The van der Waals surface area contributed by atoms with Crippen molar-refractivity contribution < 1.29 is 24.2 Å². The summed E-state index contributed by atoms with van der Waals surface area (Å²) in [7, 11) is 3.42. The maximum absolute atomic E-state index is 13.7. The molecule has 0 spiro atoms. The molecule has 15 heteroatoms. The minimum atomic E-state index is -0.669. The number of rotatable bonds is 12. The molecule has 3 saturated carbocycles. The van der Waals surface area contributed by atoms with Gasteiger partial charge in [0.1, 0.15) is 0 Å². The van der Waals surface area contributed by atoms with E-state index in [4.69, 9.17) is 37.9 Å². The molecule has 3 aromatic heterocycles. The molecule has 276 valence electrons. The second kappa shape index (κ2) is 13.7. The van der Waals surface area contributed by atoms with Crippen LogP contribution in [-0.4, -0.2) is 80.1 Å². The molecular formula is C38H40Cl2N8O5. The van der Waals surface area contributed by atoms with Crippen LogP contribution in [0.15, 0.2) is 42.6 Å². The smallest absolute Gasteiger partial charge is 0.309 e. The number of nitrogens with zero attached hydrogens (tertiary/aromatic N) is 5. The molecule has 3 aliphatic carbocycles. The van der Waals surface area contributed by atoms with Gasteiger partial charge in [0.15, 0.2) is 5.82 Å². The number of hydrogen-bond acceptors (Lipinski definition) is 9. The highest BCUT2D eigenvalue weighted by Gasteiger charge is 2.71. The molecule has 1 atom stereocenters. The number of imidazole rings is 1. The van der Waals surface area contributed by atoms with Crippen LogP contribution >= 0.6 is 23.2 Å². The quantitative estimate of drug-likeness (QED) is 0.153. The van der Waals surface area contributed by atoms with E-state index in [9.17, 15) is 19.5 Å². The highest BCUT2D eigenvalue weighted by molar-refractivity contribution is 6.39.